The Kier molecular flexibility index (Phi) is 5.41. The Morgan fingerprint density at radius 1 is 1.32 bits per heavy atom. The van der Waals surface area contributed by atoms with E-state index in [0.717, 1.165) is 5.56 Å². The highest BCUT2D eigenvalue weighted by atomic mass is 32.2. The van der Waals surface area contributed by atoms with Gasteiger partial charge in [0.15, 0.2) is 0 Å². The SMILES string of the molecule is CC(C)(CCC(=O)O)NC(=O)c1ccc2c(c1)CCCN2S(C)(=O)=O. The minimum absolute atomic E-state index is 0.0270. The number of carboxylic acid groups (broad SMARTS) is 1. The molecule has 2 N–H and O–H groups in total. The molecule has 1 aliphatic rings. The van der Waals surface area contributed by atoms with E-state index in [0.29, 0.717) is 37.1 Å². The molecule has 0 fully saturated rings. The van der Waals surface area contributed by atoms with Crippen molar-refractivity contribution < 1.29 is 23.1 Å². The van der Waals surface area contributed by atoms with Crippen molar-refractivity contribution in [1.82, 2.24) is 5.32 Å². The fourth-order valence-electron chi connectivity index (χ4n) is 2.91. The Bertz CT molecular complexity index is 786. The van der Waals surface area contributed by atoms with Crippen LogP contribution in [0.25, 0.3) is 0 Å². The first-order valence-corrected chi connectivity index (χ1v) is 9.99. The zero-order valence-corrected chi connectivity index (χ0v) is 15.5. The highest BCUT2D eigenvalue weighted by Crippen LogP contribution is 2.30. The lowest BCUT2D eigenvalue weighted by atomic mass is 9.96. The predicted molar refractivity (Wildman–Crippen MR) is 95.4 cm³/mol. The van der Waals surface area contributed by atoms with Crippen LogP contribution >= 0.6 is 0 Å². The largest absolute Gasteiger partial charge is 0.481 e. The zero-order valence-electron chi connectivity index (χ0n) is 14.7. The van der Waals surface area contributed by atoms with Gasteiger partial charge in [-0.15, -0.1) is 0 Å². The second-order valence-electron chi connectivity index (χ2n) is 7.01. The Balaban J connectivity index is 2.19. The standard InChI is InChI=1S/C17H24N2O5S/c1-17(2,9-8-15(20)21)18-16(22)13-6-7-14-12(11-13)5-4-10-19(14)25(3,23)24/h6-7,11H,4-5,8-10H2,1-3H3,(H,18,22)(H,20,21). The molecule has 7 nitrogen and oxygen atoms in total. The summed E-state index contributed by atoms with van der Waals surface area (Å²) in [5.41, 5.74) is 1.24. The van der Waals surface area contributed by atoms with Gasteiger partial charge in [-0.2, -0.15) is 0 Å². The molecule has 1 aromatic carbocycles. The molecule has 1 aliphatic heterocycles. The molecule has 25 heavy (non-hydrogen) atoms. The van der Waals surface area contributed by atoms with Crippen molar-refractivity contribution in [2.45, 2.75) is 45.1 Å². The zero-order chi connectivity index (χ0) is 18.8. The van der Waals surface area contributed by atoms with E-state index in [1.54, 1.807) is 32.0 Å². The third kappa shape index (κ3) is 4.94. The van der Waals surface area contributed by atoms with Gasteiger partial charge in [-0.25, -0.2) is 8.42 Å². The second kappa shape index (κ2) is 7.03. The van der Waals surface area contributed by atoms with Crippen LogP contribution in [0.5, 0.6) is 0 Å². The number of fused-ring (bicyclic) bond motifs is 1. The normalized spacial score (nSPS) is 14.8. The minimum atomic E-state index is -3.34. The highest BCUT2D eigenvalue weighted by molar-refractivity contribution is 7.92. The number of sulfonamides is 1. The molecule has 0 bridgehead atoms. The van der Waals surface area contributed by atoms with Gasteiger partial charge < -0.3 is 10.4 Å². The maximum atomic E-state index is 12.5. The fraction of sp³-hybridized carbons (Fsp3) is 0.529. The summed E-state index contributed by atoms with van der Waals surface area (Å²) in [6.07, 6.45) is 2.88. The molecule has 0 aromatic heterocycles. The lowest BCUT2D eigenvalue weighted by Gasteiger charge is -2.30. The molecule has 1 heterocycles. The van der Waals surface area contributed by atoms with Gasteiger partial charge in [0.25, 0.3) is 5.91 Å². The number of carbonyl (C=O) groups is 2. The van der Waals surface area contributed by atoms with Crippen LogP contribution in [0.1, 0.15) is 49.0 Å². The summed E-state index contributed by atoms with van der Waals surface area (Å²) in [6.45, 7) is 3.99. The van der Waals surface area contributed by atoms with Crippen LogP contribution in [-0.2, 0) is 21.2 Å². The number of benzene rings is 1. The predicted octanol–water partition coefficient (Wildman–Crippen LogP) is 1.77. The first kappa shape index (κ1) is 19.2. The van der Waals surface area contributed by atoms with E-state index in [4.69, 9.17) is 5.11 Å². The molecule has 138 valence electrons. The van der Waals surface area contributed by atoms with Gasteiger partial charge in [0, 0.05) is 24.1 Å². The number of carbonyl (C=O) groups excluding carboxylic acids is 1. The Morgan fingerprint density at radius 3 is 2.60 bits per heavy atom. The summed E-state index contributed by atoms with van der Waals surface area (Å²) >= 11 is 0. The van der Waals surface area contributed by atoms with Gasteiger partial charge in [-0.3, -0.25) is 13.9 Å². The molecule has 0 unspecified atom stereocenters. The minimum Gasteiger partial charge on any atom is -0.481 e. The van der Waals surface area contributed by atoms with Gasteiger partial charge in [-0.1, -0.05) is 0 Å². The maximum Gasteiger partial charge on any atom is 0.303 e. The molecule has 0 saturated carbocycles. The number of anilines is 1. The molecule has 8 heteroatoms. The number of aryl methyl sites for hydroxylation is 1. The lowest BCUT2D eigenvalue weighted by molar-refractivity contribution is -0.137. The maximum absolute atomic E-state index is 12.5. The second-order valence-corrected chi connectivity index (χ2v) is 8.92. The number of amides is 1. The number of hydrogen-bond acceptors (Lipinski definition) is 4. The van der Waals surface area contributed by atoms with Gasteiger partial charge in [0.05, 0.1) is 11.9 Å². The van der Waals surface area contributed by atoms with E-state index in [2.05, 4.69) is 5.32 Å². The lowest BCUT2D eigenvalue weighted by Crippen LogP contribution is -2.43. The van der Waals surface area contributed by atoms with Crippen LogP contribution in [0.15, 0.2) is 18.2 Å². The van der Waals surface area contributed by atoms with Crippen LogP contribution < -0.4 is 9.62 Å². The smallest absolute Gasteiger partial charge is 0.303 e. The highest BCUT2D eigenvalue weighted by Gasteiger charge is 2.26. The molecule has 1 aromatic rings. The van der Waals surface area contributed by atoms with Crippen molar-refractivity contribution in [2.24, 2.45) is 0 Å². The van der Waals surface area contributed by atoms with Crippen LogP contribution in [0.4, 0.5) is 5.69 Å². The van der Waals surface area contributed by atoms with E-state index < -0.39 is 21.5 Å². The summed E-state index contributed by atoms with van der Waals surface area (Å²) in [5, 5.41) is 11.6. The van der Waals surface area contributed by atoms with Crippen LogP contribution in [0, 0.1) is 0 Å². The van der Waals surface area contributed by atoms with Crippen molar-refractivity contribution in [3.8, 4) is 0 Å². The molecule has 0 spiro atoms. The Hall–Kier alpha value is -2.09. The van der Waals surface area contributed by atoms with Crippen LogP contribution in [-0.4, -0.2) is 43.7 Å². The molecule has 1 amide bonds. The number of carboxylic acids is 1. The van der Waals surface area contributed by atoms with E-state index in [-0.39, 0.29) is 12.3 Å². The molecule has 0 radical (unpaired) electrons. The molecule has 2 rings (SSSR count). The van der Waals surface area contributed by atoms with E-state index >= 15 is 0 Å². The monoisotopic (exact) mass is 368 g/mol. The number of hydrogen-bond donors (Lipinski definition) is 2. The molecule has 0 saturated heterocycles. The first-order chi connectivity index (χ1) is 11.5. The van der Waals surface area contributed by atoms with Crippen molar-refractivity contribution in [2.75, 3.05) is 17.1 Å². The summed E-state index contributed by atoms with van der Waals surface area (Å²) in [6, 6.07) is 4.98. The topological polar surface area (TPSA) is 104 Å². The van der Waals surface area contributed by atoms with Gasteiger partial charge >= 0.3 is 5.97 Å². The number of nitrogens with one attached hydrogen (secondary N) is 1. The van der Waals surface area contributed by atoms with Gasteiger partial charge in [-0.05, 0) is 56.9 Å². The summed E-state index contributed by atoms with van der Waals surface area (Å²) in [7, 11) is -3.34. The Labute approximate surface area is 148 Å². The van der Waals surface area contributed by atoms with Crippen molar-refractivity contribution in [3.63, 3.8) is 0 Å². The molecule has 0 atom stereocenters. The quantitative estimate of drug-likeness (QED) is 0.796. The molecular weight excluding hydrogens is 344 g/mol. The molecular formula is C17H24N2O5S. The molecule has 0 aliphatic carbocycles. The Morgan fingerprint density at radius 2 is 2.00 bits per heavy atom. The summed E-state index contributed by atoms with van der Waals surface area (Å²) in [4.78, 5) is 23.2. The number of aliphatic carboxylic acids is 1. The third-order valence-electron chi connectivity index (χ3n) is 4.23. The van der Waals surface area contributed by atoms with E-state index in [1.807, 2.05) is 0 Å². The van der Waals surface area contributed by atoms with Crippen LogP contribution in [0.2, 0.25) is 0 Å². The average Bonchev–Trinajstić information content (AvgIpc) is 2.50. The average molecular weight is 368 g/mol. The van der Waals surface area contributed by atoms with E-state index in [9.17, 15) is 18.0 Å². The van der Waals surface area contributed by atoms with Gasteiger partial charge in [0.1, 0.15) is 0 Å². The van der Waals surface area contributed by atoms with E-state index in [1.165, 1.54) is 10.6 Å². The number of rotatable bonds is 6. The first-order valence-electron chi connectivity index (χ1n) is 8.14. The third-order valence-corrected chi connectivity index (χ3v) is 5.41. The summed E-state index contributed by atoms with van der Waals surface area (Å²) < 4.78 is 25.1. The summed E-state index contributed by atoms with van der Waals surface area (Å²) in [5.74, 6) is -1.20. The van der Waals surface area contributed by atoms with Gasteiger partial charge in [0.2, 0.25) is 10.0 Å². The van der Waals surface area contributed by atoms with Crippen molar-refractivity contribution >= 4 is 27.6 Å². The van der Waals surface area contributed by atoms with Crippen molar-refractivity contribution in [1.29, 1.82) is 0 Å². The van der Waals surface area contributed by atoms with Crippen molar-refractivity contribution in [3.05, 3.63) is 29.3 Å². The fourth-order valence-corrected chi connectivity index (χ4v) is 3.91. The van der Waals surface area contributed by atoms with Crippen LogP contribution in [0.3, 0.4) is 0 Å². The number of nitrogens with zero attached hydrogens (tertiary/aromatic N) is 1.